The maximum atomic E-state index is 12.3. The van der Waals surface area contributed by atoms with Crippen molar-refractivity contribution in [3.05, 3.63) is 52.3 Å². The second-order valence-electron chi connectivity index (χ2n) is 5.64. The molecule has 2 rings (SSSR count). The highest BCUT2D eigenvalue weighted by Gasteiger charge is 2.12. The van der Waals surface area contributed by atoms with E-state index in [9.17, 15) is 4.79 Å². The van der Waals surface area contributed by atoms with Crippen LogP contribution in [0, 0.1) is 17.2 Å². The Morgan fingerprint density at radius 2 is 1.95 bits per heavy atom. The average molecular weight is 296 g/mol. The Bertz CT molecular complexity index is 754. The second-order valence-corrected chi connectivity index (χ2v) is 5.64. The van der Waals surface area contributed by atoms with Gasteiger partial charge >= 0.3 is 0 Å². The SMILES string of the molecule is CC(C)COc1ccccc1-c1ccc(CC#N)c(=O)n1C. The van der Waals surface area contributed by atoms with Crippen molar-refractivity contribution >= 4 is 0 Å². The number of para-hydroxylation sites is 1. The van der Waals surface area contributed by atoms with Gasteiger partial charge in [-0.3, -0.25) is 4.79 Å². The zero-order valence-electron chi connectivity index (χ0n) is 13.2. The van der Waals surface area contributed by atoms with Gasteiger partial charge in [0, 0.05) is 18.2 Å². The molecule has 0 aliphatic carbocycles. The highest BCUT2D eigenvalue weighted by atomic mass is 16.5. The standard InChI is InChI=1S/C18H20N2O2/c1-13(2)12-22-17-7-5-4-6-15(17)16-9-8-14(10-11-19)18(21)20(16)3/h4-9,13H,10,12H2,1-3H3. The Kier molecular flexibility index (Phi) is 5.00. The molecular formula is C18H20N2O2. The lowest BCUT2D eigenvalue weighted by molar-refractivity contribution is 0.272. The molecular weight excluding hydrogens is 276 g/mol. The summed E-state index contributed by atoms with van der Waals surface area (Å²) in [5.74, 6) is 1.19. The van der Waals surface area contributed by atoms with Crippen LogP contribution in [0.2, 0.25) is 0 Å². The molecule has 0 unspecified atom stereocenters. The topological polar surface area (TPSA) is 55.0 Å². The van der Waals surface area contributed by atoms with Crippen LogP contribution in [0.5, 0.6) is 5.75 Å². The minimum Gasteiger partial charge on any atom is -0.493 e. The molecule has 0 fully saturated rings. The van der Waals surface area contributed by atoms with Gasteiger partial charge in [-0.05, 0) is 24.1 Å². The summed E-state index contributed by atoms with van der Waals surface area (Å²) in [5.41, 5.74) is 2.03. The molecule has 114 valence electrons. The van der Waals surface area contributed by atoms with Crippen LogP contribution in [0.15, 0.2) is 41.2 Å². The van der Waals surface area contributed by atoms with Crippen molar-refractivity contribution in [1.82, 2.24) is 4.57 Å². The first-order valence-electron chi connectivity index (χ1n) is 7.32. The highest BCUT2D eigenvalue weighted by Crippen LogP contribution is 2.29. The fraction of sp³-hybridized carbons (Fsp3) is 0.333. The lowest BCUT2D eigenvalue weighted by atomic mass is 10.1. The van der Waals surface area contributed by atoms with E-state index in [0.717, 1.165) is 17.0 Å². The lowest BCUT2D eigenvalue weighted by Gasteiger charge is -2.15. The van der Waals surface area contributed by atoms with Gasteiger partial charge < -0.3 is 9.30 Å². The summed E-state index contributed by atoms with van der Waals surface area (Å²) in [6.45, 7) is 4.81. The average Bonchev–Trinajstić information content (AvgIpc) is 2.51. The largest absolute Gasteiger partial charge is 0.493 e. The molecule has 0 radical (unpaired) electrons. The van der Waals surface area contributed by atoms with Gasteiger partial charge in [0.2, 0.25) is 0 Å². The molecule has 0 aliphatic heterocycles. The predicted octanol–water partition coefficient (Wildman–Crippen LogP) is 3.15. The molecule has 0 atom stereocenters. The number of hydrogen-bond acceptors (Lipinski definition) is 3. The molecule has 0 saturated carbocycles. The number of benzene rings is 1. The Morgan fingerprint density at radius 3 is 2.64 bits per heavy atom. The van der Waals surface area contributed by atoms with Crippen LogP contribution in [-0.4, -0.2) is 11.2 Å². The Balaban J connectivity index is 2.47. The van der Waals surface area contributed by atoms with Gasteiger partial charge in [0.25, 0.3) is 5.56 Å². The summed E-state index contributed by atoms with van der Waals surface area (Å²) >= 11 is 0. The molecule has 2 aromatic rings. The Labute approximate surface area is 130 Å². The van der Waals surface area contributed by atoms with Crippen molar-refractivity contribution in [3.8, 4) is 23.1 Å². The molecule has 4 nitrogen and oxygen atoms in total. The van der Waals surface area contributed by atoms with Gasteiger partial charge in [0.05, 0.1) is 24.8 Å². The molecule has 0 spiro atoms. The number of pyridine rings is 1. The molecule has 0 amide bonds. The van der Waals surface area contributed by atoms with E-state index >= 15 is 0 Å². The molecule has 1 aromatic heterocycles. The van der Waals surface area contributed by atoms with Gasteiger partial charge in [-0.1, -0.05) is 32.0 Å². The lowest BCUT2D eigenvalue weighted by Crippen LogP contribution is -2.22. The quantitative estimate of drug-likeness (QED) is 0.851. The minimum atomic E-state index is -0.141. The number of rotatable bonds is 5. The molecule has 0 N–H and O–H groups in total. The number of hydrogen-bond donors (Lipinski definition) is 0. The minimum absolute atomic E-state index is 0.123. The van der Waals surface area contributed by atoms with Crippen molar-refractivity contribution in [2.45, 2.75) is 20.3 Å². The molecule has 0 aliphatic rings. The first kappa shape index (κ1) is 15.8. The van der Waals surface area contributed by atoms with E-state index in [1.54, 1.807) is 17.7 Å². The zero-order chi connectivity index (χ0) is 16.1. The van der Waals surface area contributed by atoms with E-state index in [1.165, 1.54) is 0 Å². The number of nitriles is 1. The fourth-order valence-corrected chi connectivity index (χ4v) is 2.24. The monoisotopic (exact) mass is 296 g/mol. The molecule has 4 heteroatoms. The smallest absolute Gasteiger partial charge is 0.255 e. The summed E-state index contributed by atoms with van der Waals surface area (Å²) in [4.78, 5) is 12.3. The molecule has 1 heterocycles. The van der Waals surface area contributed by atoms with Crippen LogP contribution in [-0.2, 0) is 13.5 Å². The third-order valence-electron chi connectivity index (χ3n) is 3.39. The van der Waals surface area contributed by atoms with E-state index in [4.69, 9.17) is 10.00 Å². The molecule has 0 bridgehead atoms. The fourth-order valence-electron chi connectivity index (χ4n) is 2.24. The first-order valence-corrected chi connectivity index (χ1v) is 7.32. The third kappa shape index (κ3) is 3.37. The van der Waals surface area contributed by atoms with E-state index < -0.39 is 0 Å². The summed E-state index contributed by atoms with van der Waals surface area (Å²) in [5, 5.41) is 8.77. The normalized spacial score (nSPS) is 10.5. The van der Waals surface area contributed by atoms with Gasteiger partial charge in [-0.25, -0.2) is 0 Å². The van der Waals surface area contributed by atoms with Crippen molar-refractivity contribution < 1.29 is 4.74 Å². The zero-order valence-corrected chi connectivity index (χ0v) is 13.2. The maximum absolute atomic E-state index is 12.3. The van der Waals surface area contributed by atoms with E-state index in [-0.39, 0.29) is 12.0 Å². The Hall–Kier alpha value is -2.54. The van der Waals surface area contributed by atoms with Crippen LogP contribution >= 0.6 is 0 Å². The van der Waals surface area contributed by atoms with Crippen LogP contribution in [0.4, 0.5) is 0 Å². The number of nitrogens with zero attached hydrogens (tertiary/aromatic N) is 2. The molecule has 22 heavy (non-hydrogen) atoms. The van der Waals surface area contributed by atoms with Crippen molar-refractivity contribution in [3.63, 3.8) is 0 Å². The number of aromatic nitrogens is 1. The van der Waals surface area contributed by atoms with Crippen LogP contribution < -0.4 is 10.3 Å². The van der Waals surface area contributed by atoms with Crippen LogP contribution in [0.3, 0.4) is 0 Å². The van der Waals surface area contributed by atoms with Crippen molar-refractivity contribution in [1.29, 1.82) is 5.26 Å². The summed E-state index contributed by atoms with van der Waals surface area (Å²) < 4.78 is 7.43. The van der Waals surface area contributed by atoms with Gasteiger partial charge in [-0.2, -0.15) is 5.26 Å². The van der Waals surface area contributed by atoms with E-state index in [1.807, 2.05) is 36.4 Å². The van der Waals surface area contributed by atoms with Crippen LogP contribution in [0.1, 0.15) is 19.4 Å². The molecule has 1 aromatic carbocycles. The maximum Gasteiger partial charge on any atom is 0.255 e. The number of ether oxygens (including phenoxy) is 1. The van der Waals surface area contributed by atoms with Crippen molar-refractivity contribution in [2.75, 3.05) is 6.61 Å². The van der Waals surface area contributed by atoms with Gasteiger partial charge in [-0.15, -0.1) is 0 Å². The van der Waals surface area contributed by atoms with Crippen LogP contribution in [0.25, 0.3) is 11.3 Å². The van der Waals surface area contributed by atoms with Crippen molar-refractivity contribution in [2.24, 2.45) is 13.0 Å². The van der Waals surface area contributed by atoms with E-state index in [2.05, 4.69) is 13.8 Å². The van der Waals surface area contributed by atoms with E-state index in [0.29, 0.717) is 18.1 Å². The first-order chi connectivity index (χ1) is 10.5. The van der Waals surface area contributed by atoms with Gasteiger partial charge in [0.1, 0.15) is 5.75 Å². The highest BCUT2D eigenvalue weighted by molar-refractivity contribution is 5.67. The summed E-state index contributed by atoms with van der Waals surface area (Å²) in [7, 11) is 1.72. The van der Waals surface area contributed by atoms with Gasteiger partial charge in [0.15, 0.2) is 0 Å². The third-order valence-corrected chi connectivity index (χ3v) is 3.39. The Morgan fingerprint density at radius 1 is 1.23 bits per heavy atom. The summed E-state index contributed by atoms with van der Waals surface area (Å²) in [6.07, 6.45) is 0.123. The second kappa shape index (κ2) is 6.95. The summed E-state index contributed by atoms with van der Waals surface area (Å²) in [6, 6.07) is 13.3. The predicted molar refractivity (Wildman–Crippen MR) is 86.8 cm³/mol. The molecule has 0 saturated heterocycles.